The summed E-state index contributed by atoms with van der Waals surface area (Å²) in [6.07, 6.45) is -2.76. The average molecular weight is 345 g/mol. The molecule has 0 saturated carbocycles. The Labute approximate surface area is 123 Å². The Bertz CT molecular complexity index is 599. The van der Waals surface area contributed by atoms with E-state index in [4.69, 9.17) is 0 Å². The van der Waals surface area contributed by atoms with Gasteiger partial charge in [0.05, 0.1) is 11.3 Å². The molecule has 1 N–H and O–H groups in total. The summed E-state index contributed by atoms with van der Waals surface area (Å²) in [6, 6.07) is 8.53. The summed E-state index contributed by atoms with van der Waals surface area (Å²) in [6.45, 7) is 1.68. The first kappa shape index (κ1) is 14.8. The number of benzene rings is 1. The molecule has 1 heterocycles. The number of rotatable bonds is 3. The maximum atomic E-state index is 13.0. The molecule has 6 heteroatoms. The lowest BCUT2D eigenvalue weighted by Gasteiger charge is -2.20. The molecule has 0 amide bonds. The molecule has 2 aromatic rings. The van der Waals surface area contributed by atoms with Crippen molar-refractivity contribution in [3.8, 4) is 0 Å². The maximum Gasteiger partial charge on any atom is 0.416 e. The summed E-state index contributed by atoms with van der Waals surface area (Å²) < 4.78 is 39.5. The maximum absolute atomic E-state index is 13.0. The number of halogens is 4. The van der Waals surface area contributed by atoms with E-state index in [1.54, 1.807) is 31.3 Å². The van der Waals surface area contributed by atoms with E-state index in [1.165, 1.54) is 12.1 Å². The smallest absolute Gasteiger partial charge is 0.376 e. The molecule has 0 aliphatic carbocycles. The predicted molar refractivity (Wildman–Crippen MR) is 75.4 cm³/mol. The van der Waals surface area contributed by atoms with Crippen LogP contribution in [0.5, 0.6) is 0 Å². The van der Waals surface area contributed by atoms with Crippen LogP contribution in [-0.4, -0.2) is 4.98 Å². The summed E-state index contributed by atoms with van der Waals surface area (Å²) in [5, 5.41) is 3.03. The van der Waals surface area contributed by atoms with Gasteiger partial charge in [0.15, 0.2) is 0 Å². The first-order valence-corrected chi connectivity index (χ1v) is 6.72. The van der Waals surface area contributed by atoms with Crippen LogP contribution in [0.4, 0.5) is 18.9 Å². The molecular weight excluding hydrogens is 333 g/mol. The van der Waals surface area contributed by atoms with Crippen LogP contribution in [0.25, 0.3) is 0 Å². The molecule has 20 heavy (non-hydrogen) atoms. The van der Waals surface area contributed by atoms with Crippen molar-refractivity contribution in [3.05, 3.63) is 58.3 Å². The molecule has 1 aromatic heterocycles. The molecule has 0 spiro atoms. The molecule has 0 aliphatic rings. The van der Waals surface area contributed by atoms with E-state index < -0.39 is 17.8 Å². The topological polar surface area (TPSA) is 24.9 Å². The van der Waals surface area contributed by atoms with Gasteiger partial charge in [-0.2, -0.15) is 13.2 Å². The second kappa shape index (κ2) is 5.83. The molecule has 1 unspecified atom stereocenters. The molecule has 0 radical (unpaired) electrons. The molecular formula is C14H12BrF3N2. The van der Waals surface area contributed by atoms with Gasteiger partial charge in [-0.25, -0.2) is 4.98 Å². The number of anilines is 1. The summed E-state index contributed by atoms with van der Waals surface area (Å²) in [4.78, 5) is 4.03. The van der Waals surface area contributed by atoms with Gasteiger partial charge in [0.1, 0.15) is 4.60 Å². The highest BCUT2D eigenvalue weighted by Crippen LogP contribution is 2.35. The summed E-state index contributed by atoms with van der Waals surface area (Å²) in [7, 11) is 0. The third kappa shape index (κ3) is 3.30. The minimum Gasteiger partial charge on any atom is -0.376 e. The number of aromatic nitrogens is 1. The van der Waals surface area contributed by atoms with Crippen LogP contribution in [0.3, 0.4) is 0 Å². The van der Waals surface area contributed by atoms with Gasteiger partial charge in [-0.05, 0) is 46.6 Å². The molecule has 1 aromatic carbocycles. The molecule has 0 aliphatic heterocycles. The SMILES string of the molecule is CC(Nc1cccnc1Br)c1ccccc1C(F)(F)F. The third-order valence-electron chi connectivity index (χ3n) is 2.86. The van der Waals surface area contributed by atoms with E-state index in [1.807, 2.05) is 0 Å². The Morgan fingerprint density at radius 1 is 1.15 bits per heavy atom. The van der Waals surface area contributed by atoms with Crippen LogP contribution in [-0.2, 0) is 6.18 Å². The minimum absolute atomic E-state index is 0.204. The highest BCUT2D eigenvalue weighted by Gasteiger charge is 2.34. The second-order valence-corrected chi connectivity index (χ2v) is 5.04. The van der Waals surface area contributed by atoms with Crippen molar-refractivity contribution in [3.63, 3.8) is 0 Å². The third-order valence-corrected chi connectivity index (χ3v) is 3.50. The zero-order valence-electron chi connectivity index (χ0n) is 10.6. The van der Waals surface area contributed by atoms with Crippen LogP contribution in [0.2, 0.25) is 0 Å². The Balaban J connectivity index is 2.31. The van der Waals surface area contributed by atoms with E-state index in [9.17, 15) is 13.2 Å². The van der Waals surface area contributed by atoms with Crippen LogP contribution in [0, 0.1) is 0 Å². The predicted octanol–water partition coefficient (Wildman–Crippen LogP) is 5.04. The Hall–Kier alpha value is -1.56. The largest absolute Gasteiger partial charge is 0.416 e. The van der Waals surface area contributed by atoms with Crippen molar-refractivity contribution in [2.45, 2.75) is 19.1 Å². The molecule has 2 rings (SSSR count). The zero-order chi connectivity index (χ0) is 14.8. The van der Waals surface area contributed by atoms with Gasteiger partial charge >= 0.3 is 6.18 Å². The van der Waals surface area contributed by atoms with Crippen LogP contribution >= 0.6 is 15.9 Å². The fraction of sp³-hybridized carbons (Fsp3) is 0.214. The van der Waals surface area contributed by atoms with Crippen molar-refractivity contribution >= 4 is 21.6 Å². The lowest BCUT2D eigenvalue weighted by Crippen LogP contribution is -2.15. The van der Waals surface area contributed by atoms with Crippen molar-refractivity contribution < 1.29 is 13.2 Å². The van der Waals surface area contributed by atoms with Crippen LogP contribution < -0.4 is 5.32 Å². The fourth-order valence-corrected chi connectivity index (χ4v) is 2.30. The van der Waals surface area contributed by atoms with E-state index >= 15 is 0 Å². The first-order valence-electron chi connectivity index (χ1n) is 5.93. The van der Waals surface area contributed by atoms with Crippen LogP contribution in [0.15, 0.2) is 47.2 Å². The Morgan fingerprint density at radius 3 is 2.50 bits per heavy atom. The summed E-state index contributed by atoms with van der Waals surface area (Å²) in [5.41, 5.74) is 0.229. The second-order valence-electron chi connectivity index (χ2n) is 4.29. The van der Waals surface area contributed by atoms with Crippen molar-refractivity contribution in [2.75, 3.05) is 5.32 Å². The first-order chi connectivity index (χ1) is 9.39. The lowest BCUT2D eigenvalue weighted by molar-refractivity contribution is -0.138. The number of pyridine rings is 1. The Kier molecular flexibility index (Phi) is 4.32. The number of alkyl halides is 3. The van der Waals surface area contributed by atoms with E-state index in [0.717, 1.165) is 6.07 Å². The van der Waals surface area contributed by atoms with E-state index in [2.05, 4.69) is 26.2 Å². The van der Waals surface area contributed by atoms with Crippen LogP contribution in [0.1, 0.15) is 24.1 Å². The van der Waals surface area contributed by atoms with E-state index in [0.29, 0.717) is 10.3 Å². The summed E-state index contributed by atoms with van der Waals surface area (Å²) >= 11 is 3.26. The molecule has 0 bridgehead atoms. The number of nitrogens with zero attached hydrogens (tertiary/aromatic N) is 1. The van der Waals surface area contributed by atoms with Gasteiger partial charge in [0.25, 0.3) is 0 Å². The monoisotopic (exact) mass is 344 g/mol. The van der Waals surface area contributed by atoms with Crippen molar-refractivity contribution in [1.29, 1.82) is 0 Å². The molecule has 106 valence electrons. The van der Waals surface area contributed by atoms with Gasteiger partial charge in [-0.3, -0.25) is 0 Å². The fourth-order valence-electron chi connectivity index (χ4n) is 1.94. The molecule has 0 saturated heterocycles. The number of nitrogens with one attached hydrogen (secondary N) is 1. The highest BCUT2D eigenvalue weighted by molar-refractivity contribution is 9.10. The molecule has 1 atom stereocenters. The minimum atomic E-state index is -4.36. The van der Waals surface area contributed by atoms with E-state index in [-0.39, 0.29) is 5.56 Å². The lowest BCUT2D eigenvalue weighted by atomic mass is 10.0. The summed E-state index contributed by atoms with van der Waals surface area (Å²) in [5.74, 6) is 0. The van der Waals surface area contributed by atoms with Gasteiger partial charge in [0.2, 0.25) is 0 Å². The van der Waals surface area contributed by atoms with Gasteiger partial charge in [-0.15, -0.1) is 0 Å². The quantitative estimate of drug-likeness (QED) is 0.789. The van der Waals surface area contributed by atoms with Gasteiger partial charge in [-0.1, -0.05) is 18.2 Å². The number of hydrogen-bond acceptors (Lipinski definition) is 2. The average Bonchev–Trinajstić information content (AvgIpc) is 2.40. The van der Waals surface area contributed by atoms with Gasteiger partial charge in [0, 0.05) is 12.2 Å². The van der Waals surface area contributed by atoms with Crippen molar-refractivity contribution in [1.82, 2.24) is 4.98 Å². The standard InChI is InChI=1S/C14H12BrF3N2/c1-9(20-12-7-4-8-19-13(12)15)10-5-2-3-6-11(10)14(16,17)18/h2-9,20H,1H3. The normalized spacial score (nSPS) is 13.1. The zero-order valence-corrected chi connectivity index (χ0v) is 12.2. The Morgan fingerprint density at radius 2 is 1.85 bits per heavy atom. The van der Waals surface area contributed by atoms with Crippen molar-refractivity contribution in [2.24, 2.45) is 0 Å². The number of hydrogen-bond donors (Lipinski definition) is 1. The highest BCUT2D eigenvalue weighted by atomic mass is 79.9. The molecule has 0 fully saturated rings. The molecule has 2 nitrogen and oxygen atoms in total. The van der Waals surface area contributed by atoms with Gasteiger partial charge < -0.3 is 5.32 Å².